The van der Waals surface area contributed by atoms with E-state index in [1.54, 1.807) is 54.6 Å². The Bertz CT molecular complexity index is 1350. The molecule has 7 nitrogen and oxygen atoms in total. The predicted molar refractivity (Wildman–Crippen MR) is 140 cm³/mol. The summed E-state index contributed by atoms with van der Waals surface area (Å²) in [6.07, 6.45) is 1.57. The van der Waals surface area contributed by atoms with Crippen molar-refractivity contribution in [2.45, 2.75) is 20.5 Å². The molecule has 0 atom stereocenters. The quantitative estimate of drug-likeness (QED) is 0.277. The number of carbonyl (C=O) groups is 2. The number of cyclic esters (lactones) is 1. The summed E-state index contributed by atoms with van der Waals surface area (Å²) in [7, 11) is 0. The van der Waals surface area contributed by atoms with E-state index in [1.165, 1.54) is 6.92 Å². The lowest BCUT2D eigenvalue weighted by molar-refractivity contribution is -0.129. The third-order valence-corrected chi connectivity index (χ3v) is 5.54. The molecule has 0 saturated carbocycles. The van der Waals surface area contributed by atoms with Crippen LogP contribution in [0.5, 0.6) is 11.5 Å². The van der Waals surface area contributed by atoms with E-state index < -0.39 is 5.97 Å². The number of hydrogen-bond acceptors (Lipinski definition) is 6. The van der Waals surface area contributed by atoms with Crippen LogP contribution in [0.15, 0.2) is 71.4 Å². The minimum absolute atomic E-state index is 0.115. The molecule has 1 aliphatic heterocycles. The van der Waals surface area contributed by atoms with Crippen LogP contribution in [0.3, 0.4) is 0 Å². The topological polar surface area (TPSA) is 86.2 Å². The second-order valence-electron chi connectivity index (χ2n) is 7.77. The molecule has 0 bridgehead atoms. The van der Waals surface area contributed by atoms with Crippen molar-refractivity contribution in [1.82, 2.24) is 0 Å². The molecule has 9 heteroatoms. The van der Waals surface area contributed by atoms with E-state index in [-0.39, 0.29) is 24.1 Å². The smallest absolute Gasteiger partial charge is 0.363 e. The third-order valence-electron chi connectivity index (χ3n) is 5.00. The molecule has 0 saturated heterocycles. The van der Waals surface area contributed by atoms with Gasteiger partial charge in [0.15, 0.2) is 17.2 Å². The number of amides is 1. The molecule has 0 aromatic heterocycles. The Kier molecular flexibility index (Phi) is 7.93. The lowest BCUT2D eigenvalue weighted by atomic mass is 10.1. The second kappa shape index (κ2) is 11.3. The molecular weight excluding hydrogens is 503 g/mol. The maximum Gasteiger partial charge on any atom is 0.363 e. The number of benzene rings is 3. The van der Waals surface area contributed by atoms with Crippen LogP contribution in [0.25, 0.3) is 6.08 Å². The number of halogens is 2. The van der Waals surface area contributed by atoms with Crippen LogP contribution < -0.4 is 14.8 Å². The van der Waals surface area contributed by atoms with E-state index >= 15 is 0 Å². The summed E-state index contributed by atoms with van der Waals surface area (Å²) < 4.78 is 17.0. The number of nitrogens with one attached hydrogen (secondary N) is 1. The number of carbonyl (C=O) groups excluding carboxylic acids is 2. The fraction of sp³-hybridized carbons (Fsp3) is 0.148. The van der Waals surface area contributed by atoms with Crippen molar-refractivity contribution >= 4 is 52.7 Å². The van der Waals surface area contributed by atoms with Gasteiger partial charge in [0.1, 0.15) is 6.61 Å². The van der Waals surface area contributed by atoms with Gasteiger partial charge in [-0.1, -0.05) is 35.3 Å². The van der Waals surface area contributed by atoms with Gasteiger partial charge in [-0.2, -0.15) is 0 Å². The van der Waals surface area contributed by atoms with E-state index in [1.807, 2.05) is 19.1 Å². The molecule has 1 N–H and O–H groups in total. The first-order valence-electron chi connectivity index (χ1n) is 11.1. The van der Waals surface area contributed by atoms with Crippen molar-refractivity contribution in [3.63, 3.8) is 0 Å². The molecule has 1 aliphatic rings. The van der Waals surface area contributed by atoms with Gasteiger partial charge in [0.05, 0.1) is 11.6 Å². The van der Waals surface area contributed by atoms with Gasteiger partial charge in [-0.05, 0) is 72.7 Å². The third kappa shape index (κ3) is 6.24. The molecular formula is C27H22Cl2N2O5. The average Bonchev–Trinajstić information content (AvgIpc) is 3.20. The van der Waals surface area contributed by atoms with Gasteiger partial charge in [0, 0.05) is 23.2 Å². The van der Waals surface area contributed by atoms with Gasteiger partial charge >= 0.3 is 5.97 Å². The second-order valence-corrected chi connectivity index (χ2v) is 8.62. The summed E-state index contributed by atoms with van der Waals surface area (Å²) in [6, 6.07) is 17.5. The Morgan fingerprint density at radius 1 is 1.06 bits per heavy atom. The molecule has 3 aromatic carbocycles. The molecule has 184 valence electrons. The van der Waals surface area contributed by atoms with Crippen molar-refractivity contribution in [1.29, 1.82) is 0 Å². The van der Waals surface area contributed by atoms with Crippen LogP contribution in [-0.2, 0) is 20.9 Å². The molecule has 0 fully saturated rings. The highest BCUT2D eigenvalue weighted by molar-refractivity contribution is 6.32. The van der Waals surface area contributed by atoms with Crippen molar-refractivity contribution in [2.24, 2.45) is 4.99 Å². The zero-order valence-corrected chi connectivity index (χ0v) is 21.0. The van der Waals surface area contributed by atoms with Crippen molar-refractivity contribution < 1.29 is 23.8 Å². The number of aliphatic imine (C=N–C) groups is 1. The standard InChI is InChI=1S/C27H22Cl2N2O5/c1-3-34-24-14-18(12-22(29)25(24)35-15-17-4-8-20(28)9-5-17)13-23-27(33)36-26(31-23)19-6-10-21(11-7-19)30-16(2)32/h4-14H,3,15H2,1-2H3,(H,30,32)/b23-13-. The predicted octanol–water partition coefficient (Wildman–Crippen LogP) is 6.27. The molecule has 0 unspecified atom stereocenters. The van der Waals surface area contributed by atoms with Gasteiger partial charge in [-0.15, -0.1) is 0 Å². The lowest BCUT2D eigenvalue weighted by Crippen LogP contribution is -2.07. The molecule has 1 amide bonds. The molecule has 4 rings (SSSR count). The zero-order valence-electron chi connectivity index (χ0n) is 19.5. The molecule has 0 spiro atoms. The minimum Gasteiger partial charge on any atom is -0.490 e. The van der Waals surface area contributed by atoms with Gasteiger partial charge in [-0.25, -0.2) is 9.79 Å². The number of nitrogens with zero attached hydrogens (tertiary/aromatic N) is 1. The number of esters is 1. The maximum absolute atomic E-state index is 12.5. The SMILES string of the molecule is CCOc1cc(/C=C2\N=C(c3ccc(NC(C)=O)cc3)OC2=O)cc(Cl)c1OCc1ccc(Cl)cc1. The van der Waals surface area contributed by atoms with Crippen LogP contribution in [-0.4, -0.2) is 24.4 Å². The Morgan fingerprint density at radius 3 is 2.44 bits per heavy atom. The van der Waals surface area contributed by atoms with Gasteiger partial charge in [0.2, 0.25) is 11.8 Å². The largest absolute Gasteiger partial charge is 0.490 e. The Hall–Kier alpha value is -3.81. The fourth-order valence-electron chi connectivity index (χ4n) is 3.40. The molecule has 36 heavy (non-hydrogen) atoms. The van der Waals surface area contributed by atoms with Gasteiger partial charge in [0.25, 0.3) is 0 Å². The van der Waals surface area contributed by atoms with Gasteiger partial charge < -0.3 is 19.5 Å². The fourth-order valence-corrected chi connectivity index (χ4v) is 3.80. The maximum atomic E-state index is 12.5. The van der Waals surface area contributed by atoms with Crippen LogP contribution >= 0.6 is 23.2 Å². The number of rotatable bonds is 8. The van der Waals surface area contributed by atoms with E-state index in [4.69, 9.17) is 37.4 Å². The Morgan fingerprint density at radius 2 is 1.78 bits per heavy atom. The Labute approximate surface area is 218 Å². The number of anilines is 1. The molecule has 3 aromatic rings. The first-order valence-corrected chi connectivity index (χ1v) is 11.8. The van der Waals surface area contributed by atoms with Crippen LogP contribution in [0, 0.1) is 0 Å². The van der Waals surface area contributed by atoms with Crippen molar-refractivity contribution in [2.75, 3.05) is 11.9 Å². The first-order chi connectivity index (χ1) is 17.3. The highest BCUT2D eigenvalue weighted by atomic mass is 35.5. The van der Waals surface area contributed by atoms with E-state index in [0.29, 0.717) is 45.0 Å². The zero-order chi connectivity index (χ0) is 25.7. The van der Waals surface area contributed by atoms with E-state index in [9.17, 15) is 9.59 Å². The van der Waals surface area contributed by atoms with E-state index in [0.717, 1.165) is 5.56 Å². The summed E-state index contributed by atoms with van der Waals surface area (Å²) in [5.41, 5.74) is 2.86. The summed E-state index contributed by atoms with van der Waals surface area (Å²) in [6.45, 7) is 3.95. The molecule has 1 heterocycles. The number of hydrogen-bond donors (Lipinski definition) is 1. The summed E-state index contributed by atoms with van der Waals surface area (Å²) in [5, 5.41) is 3.65. The van der Waals surface area contributed by atoms with Crippen LogP contribution in [0.1, 0.15) is 30.5 Å². The van der Waals surface area contributed by atoms with E-state index in [2.05, 4.69) is 10.3 Å². The minimum atomic E-state index is -0.590. The summed E-state index contributed by atoms with van der Waals surface area (Å²) in [4.78, 5) is 28.0. The van der Waals surface area contributed by atoms with Crippen molar-refractivity contribution in [3.05, 3.63) is 93.1 Å². The summed E-state index contributed by atoms with van der Waals surface area (Å²) in [5.74, 6) is 0.236. The molecule has 0 radical (unpaired) electrons. The highest BCUT2D eigenvalue weighted by Crippen LogP contribution is 2.38. The summed E-state index contributed by atoms with van der Waals surface area (Å²) >= 11 is 12.5. The highest BCUT2D eigenvalue weighted by Gasteiger charge is 2.24. The van der Waals surface area contributed by atoms with Crippen LogP contribution in [0.2, 0.25) is 10.0 Å². The monoisotopic (exact) mass is 524 g/mol. The van der Waals surface area contributed by atoms with Crippen molar-refractivity contribution in [3.8, 4) is 11.5 Å². The Balaban J connectivity index is 1.56. The normalized spacial score (nSPS) is 13.8. The number of ether oxygens (including phenoxy) is 3. The van der Waals surface area contributed by atoms with Crippen LogP contribution in [0.4, 0.5) is 5.69 Å². The average molecular weight is 525 g/mol. The first kappa shape index (κ1) is 25.3. The molecule has 0 aliphatic carbocycles. The van der Waals surface area contributed by atoms with Gasteiger partial charge in [-0.3, -0.25) is 4.79 Å². The lowest BCUT2D eigenvalue weighted by Gasteiger charge is -2.14.